The van der Waals surface area contributed by atoms with Crippen LogP contribution in [0.1, 0.15) is 38.3 Å². The van der Waals surface area contributed by atoms with Gasteiger partial charge in [0, 0.05) is 24.9 Å². The summed E-state index contributed by atoms with van der Waals surface area (Å²) < 4.78 is 10.9. The highest BCUT2D eigenvalue weighted by atomic mass is 16.5. The van der Waals surface area contributed by atoms with Crippen LogP contribution in [0.15, 0.2) is 18.3 Å². The zero-order valence-corrected chi connectivity index (χ0v) is 10.7. The van der Waals surface area contributed by atoms with E-state index < -0.39 is 0 Å². The van der Waals surface area contributed by atoms with E-state index in [4.69, 9.17) is 15.2 Å². The van der Waals surface area contributed by atoms with Crippen molar-refractivity contribution in [2.24, 2.45) is 5.73 Å². The maximum Gasteiger partial charge on any atom is 0.213 e. The summed E-state index contributed by atoms with van der Waals surface area (Å²) in [4.78, 5) is 4.12. The summed E-state index contributed by atoms with van der Waals surface area (Å²) in [6.07, 6.45) is 3.96. The molecule has 0 fully saturated rings. The van der Waals surface area contributed by atoms with E-state index >= 15 is 0 Å². The van der Waals surface area contributed by atoms with Gasteiger partial charge in [0.25, 0.3) is 0 Å². The first-order valence-corrected chi connectivity index (χ1v) is 6.16. The Morgan fingerprint density at radius 1 is 1.35 bits per heavy atom. The Hall–Kier alpha value is -1.13. The van der Waals surface area contributed by atoms with Crippen LogP contribution in [0, 0.1) is 0 Å². The number of ether oxygens (including phenoxy) is 2. The highest BCUT2D eigenvalue weighted by Crippen LogP contribution is 2.14. The van der Waals surface area contributed by atoms with Crippen molar-refractivity contribution in [2.75, 3.05) is 19.8 Å². The first kappa shape index (κ1) is 13.9. The Kier molecular flexibility index (Phi) is 6.58. The number of aromatic nitrogens is 1. The molecule has 0 saturated heterocycles. The summed E-state index contributed by atoms with van der Waals surface area (Å²) in [6, 6.07) is 3.77. The normalized spacial score (nSPS) is 12.4. The highest BCUT2D eigenvalue weighted by molar-refractivity contribution is 5.22. The largest absolute Gasteiger partial charge is 0.475 e. The molecule has 2 N–H and O–H groups in total. The first-order chi connectivity index (χ1) is 8.24. The van der Waals surface area contributed by atoms with Crippen LogP contribution in [0.2, 0.25) is 0 Å². The molecule has 1 atom stereocenters. The third kappa shape index (κ3) is 5.65. The topological polar surface area (TPSA) is 57.4 Å². The number of hydrogen-bond donors (Lipinski definition) is 1. The molecule has 0 aliphatic rings. The lowest BCUT2D eigenvalue weighted by atomic mass is 10.1. The Labute approximate surface area is 103 Å². The fourth-order valence-electron chi connectivity index (χ4n) is 1.34. The van der Waals surface area contributed by atoms with E-state index in [1.165, 1.54) is 0 Å². The molecule has 0 radical (unpaired) electrons. The zero-order chi connectivity index (χ0) is 12.5. The third-order valence-corrected chi connectivity index (χ3v) is 2.40. The van der Waals surface area contributed by atoms with Crippen LogP contribution in [0.25, 0.3) is 0 Å². The van der Waals surface area contributed by atoms with Gasteiger partial charge in [0.05, 0.1) is 6.61 Å². The van der Waals surface area contributed by atoms with Crippen molar-refractivity contribution in [2.45, 2.75) is 32.7 Å². The molecule has 4 heteroatoms. The van der Waals surface area contributed by atoms with E-state index in [0.717, 1.165) is 25.0 Å². The summed E-state index contributed by atoms with van der Waals surface area (Å²) in [5.74, 6) is 0.610. The molecule has 1 aromatic rings. The van der Waals surface area contributed by atoms with Crippen LogP contribution in [0.5, 0.6) is 5.88 Å². The number of pyridine rings is 1. The summed E-state index contributed by atoms with van der Waals surface area (Å²) in [5, 5.41) is 0. The van der Waals surface area contributed by atoms with E-state index in [9.17, 15) is 0 Å². The van der Waals surface area contributed by atoms with Crippen LogP contribution in [0.3, 0.4) is 0 Å². The number of nitrogens with zero attached hydrogens (tertiary/aromatic N) is 1. The molecule has 0 saturated carbocycles. The van der Waals surface area contributed by atoms with Gasteiger partial charge in [0.2, 0.25) is 5.88 Å². The van der Waals surface area contributed by atoms with Gasteiger partial charge in [0.15, 0.2) is 0 Å². The second-order valence-electron chi connectivity index (χ2n) is 4.03. The lowest BCUT2D eigenvalue weighted by Crippen LogP contribution is -2.09. The average Bonchev–Trinajstić information content (AvgIpc) is 2.34. The van der Waals surface area contributed by atoms with Gasteiger partial charge in [-0.05, 0) is 25.0 Å². The second kappa shape index (κ2) is 8.03. The van der Waals surface area contributed by atoms with Crippen molar-refractivity contribution in [1.29, 1.82) is 0 Å². The predicted molar refractivity (Wildman–Crippen MR) is 68.1 cm³/mol. The van der Waals surface area contributed by atoms with Gasteiger partial charge in [-0.15, -0.1) is 0 Å². The van der Waals surface area contributed by atoms with E-state index in [0.29, 0.717) is 19.1 Å². The van der Waals surface area contributed by atoms with Gasteiger partial charge >= 0.3 is 0 Å². The van der Waals surface area contributed by atoms with Crippen LogP contribution >= 0.6 is 0 Å². The second-order valence-corrected chi connectivity index (χ2v) is 4.03. The van der Waals surface area contributed by atoms with Gasteiger partial charge in [-0.25, -0.2) is 4.98 Å². The minimum Gasteiger partial charge on any atom is -0.475 e. The number of unbranched alkanes of at least 4 members (excludes halogenated alkanes) is 1. The van der Waals surface area contributed by atoms with E-state index in [1.54, 1.807) is 6.20 Å². The molecule has 0 aliphatic heterocycles. The van der Waals surface area contributed by atoms with Crippen LogP contribution < -0.4 is 10.5 Å². The molecule has 1 rings (SSSR count). The highest BCUT2D eigenvalue weighted by Gasteiger charge is 2.02. The molecular formula is C13H22N2O2. The van der Waals surface area contributed by atoms with Gasteiger partial charge in [-0.3, -0.25) is 0 Å². The Balaban J connectivity index is 2.24. The smallest absolute Gasteiger partial charge is 0.213 e. The summed E-state index contributed by atoms with van der Waals surface area (Å²) >= 11 is 0. The monoisotopic (exact) mass is 238 g/mol. The zero-order valence-electron chi connectivity index (χ0n) is 10.7. The summed E-state index contributed by atoms with van der Waals surface area (Å²) in [7, 11) is 0. The number of rotatable bonds is 8. The van der Waals surface area contributed by atoms with Gasteiger partial charge < -0.3 is 15.2 Å². The molecule has 0 bridgehead atoms. The maximum atomic E-state index is 5.78. The van der Waals surface area contributed by atoms with Crippen LogP contribution in [0.4, 0.5) is 0 Å². The first-order valence-electron chi connectivity index (χ1n) is 6.16. The molecule has 0 amide bonds. The van der Waals surface area contributed by atoms with Crippen molar-refractivity contribution >= 4 is 0 Å². The van der Waals surface area contributed by atoms with Crippen LogP contribution in [-0.4, -0.2) is 24.8 Å². The van der Waals surface area contributed by atoms with Crippen molar-refractivity contribution < 1.29 is 9.47 Å². The Morgan fingerprint density at radius 3 is 2.88 bits per heavy atom. The van der Waals surface area contributed by atoms with Crippen molar-refractivity contribution in [1.82, 2.24) is 4.98 Å². The van der Waals surface area contributed by atoms with E-state index in [2.05, 4.69) is 11.9 Å². The summed E-state index contributed by atoms with van der Waals surface area (Å²) in [6.45, 7) is 6.01. The van der Waals surface area contributed by atoms with Crippen molar-refractivity contribution in [3.8, 4) is 5.88 Å². The quantitative estimate of drug-likeness (QED) is 0.706. The summed E-state index contributed by atoms with van der Waals surface area (Å²) in [5.41, 5.74) is 6.81. The maximum absolute atomic E-state index is 5.78. The van der Waals surface area contributed by atoms with Crippen molar-refractivity contribution in [3.05, 3.63) is 23.9 Å². The molecule has 4 nitrogen and oxygen atoms in total. The van der Waals surface area contributed by atoms with Gasteiger partial charge in [-0.2, -0.15) is 0 Å². The van der Waals surface area contributed by atoms with Crippen LogP contribution in [-0.2, 0) is 4.74 Å². The van der Waals surface area contributed by atoms with Gasteiger partial charge in [-0.1, -0.05) is 13.3 Å². The number of hydrogen-bond acceptors (Lipinski definition) is 4. The molecule has 0 unspecified atom stereocenters. The standard InChI is InChI=1S/C13H22N2O2/c1-3-4-7-16-8-9-17-13-10-12(11(2)14)5-6-15-13/h5-6,10-11H,3-4,7-9,14H2,1-2H3/t11-/m1/s1. The molecule has 0 spiro atoms. The van der Waals surface area contributed by atoms with E-state index in [1.807, 2.05) is 19.1 Å². The molecule has 17 heavy (non-hydrogen) atoms. The minimum absolute atomic E-state index is 0.00107. The fraction of sp³-hybridized carbons (Fsp3) is 0.615. The predicted octanol–water partition coefficient (Wildman–Crippen LogP) is 2.30. The van der Waals surface area contributed by atoms with Gasteiger partial charge in [0.1, 0.15) is 6.61 Å². The molecule has 96 valence electrons. The Morgan fingerprint density at radius 2 is 2.18 bits per heavy atom. The molecule has 0 aromatic carbocycles. The van der Waals surface area contributed by atoms with E-state index in [-0.39, 0.29) is 6.04 Å². The fourth-order valence-corrected chi connectivity index (χ4v) is 1.34. The third-order valence-electron chi connectivity index (χ3n) is 2.40. The molecule has 1 heterocycles. The molecular weight excluding hydrogens is 216 g/mol. The number of nitrogens with two attached hydrogens (primary N) is 1. The SMILES string of the molecule is CCCCOCCOc1cc([C@@H](C)N)ccn1. The lowest BCUT2D eigenvalue weighted by molar-refractivity contribution is 0.0965. The lowest BCUT2D eigenvalue weighted by Gasteiger charge is -2.09. The molecule has 1 aromatic heterocycles. The average molecular weight is 238 g/mol. The minimum atomic E-state index is 0.00107. The van der Waals surface area contributed by atoms with Crippen molar-refractivity contribution in [3.63, 3.8) is 0 Å². The molecule has 0 aliphatic carbocycles. The Bertz CT molecular complexity index is 316.